The molecule has 1 fully saturated rings. The van der Waals surface area contributed by atoms with Gasteiger partial charge >= 0.3 is 0 Å². The largest absolute Gasteiger partial charge is 0.307 e. The Morgan fingerprint density at radius 1 is 1.62 bits per heavy atom. The fourth-order valence-electron chi connectivity index (χ4n) is 1.50. The minimum absolute atomic E-state index is 0.232. The van der Waals surface area contributed by atoms with Gasteiger partial charge in [0.15, 0.2) is 9.84 Å². The molecular formula is C8H14ClNO2S. The molecule has 5 heteroatoms. The van der Waals surface area contributed by atoms with Crippen LogP contribution in [0.2, 0.25) is 0 Å². The molecule has 1 heterocycles. The maximum absolute atomic E-state index is 11.2. The van der Waals surface area contributed by atoms with Gasteiger partial charge in [-0.2, -0.15) is 0 Å². The second kappa shape index (κ2) is 3.98. The summed E-state index contributed by atoms with van der Waals surface area (Å²) in [6.07, 6.45) is 2.45. The number of hydrogen-bond acceptors (Lipinski definition) is 3. The molecule has 1 aliphatic heterocycles. The van der Waals surface area contributed by atoms with E-state index < -0.39 is 9.84 Å². The van der Waals surface area contributed by atoms with Crippen LogP contribution < -0.4 is 5.32 Å². The van der Waals surface area contributed by atoms with Gasteiger partial charge in [0.1, 0.15) is 0 Å². The highest BCUT2D eigenvalue weighted by Gasteiger charge is 2.37. The van der Waals surface area contributed by atoms with Crippen molar-refractivity contribution in [3.05, 3.63) is 11.6 Å². The third-order valence-electron chi connectivity index (χ3n) is 2.24. The van der Waals surface area contributed by atoms with Crippen LogP contribution in [-0.2, 0) is 9.84 Å². The Kier molecular flexibility index (Phi) is 3.38. The fraction of sp³-hybridized carbons (Fsp3) is 0.750. The Labute approximate surface area is 84.1 Å². The first-order valence-electron chi connectivity index (χ1n) is 4.18. The van der Waals surface area contributed by atoms with Crippen LogP contribution in [0.4, 0.5) is 0 Å². The lowest BCUT2D eigenvalue weighted by molar-refractivity contribution is 0.417. The molecule has 0 saturated carbocycles. The summed E-state index contributed by atoms with van der Waals surface area (Å²) < 4.78 is 22.4. The summed E-state index contributed by atoms with van der Waals surface area (Å²) in [5.74, 6) is 0.525. The molecule has 0 bridgehead atoms. The van der Waals surface area contributed by atoms with Gasteiger partial charge in [-0.3, -0.25) is 0 Å². The van der Waals surface area contributed by atoms with Crippen LogP contribution >= 0.6 is 11.6 Å². The Morgan fingerprint density at radius 2 is 2.31 bits per heavy atom. The summed E-state index contributed by atoms with van der Waals surface area (Å²) in [7, 11) is -2.81. The molecule has 1 aliphatic rings. The van der Waals surface area contributed by atoms with E-state index in [4.69, 9.17) is 11.6 Å². The summed E-state index contributed by atoms with van der Waals surface area (Å²) in [4.78, 5) is 0. The van der Waals surface area contributed by atoms with Gasteiger partial charge in [0.05, 0.1) is 11.5 Å². The minimum Gasteiger partial charge on any atom is -0.307 e. The van der Waals surface area contributed by atoms with E-state index in [1.54, 1.807) is 6.08 Å². The smallest absolute Gasteiger partial charge is 0.152 e. The Bertz CT molecular complexity index is 299. The standard InChI is InChI=1S/C8H14ClNO2S/c1-8(10-5-2-4-9)3-6-13(11,12)7-8/h2,4,10H,3,5-7H2,1H3/b4-2+. The number of hydrogen-bond donors (Lipinski definition) is 1. The van der Waals surface area contributed by atoms with Crippen molar-refractivity contribution in [1.82, 2.24) is 5.32 Å². The molecule has 0 spiro atoms. The molecule has 0 aliphatic carbocycles. The van der Waals surface area contributed by atoms with Gasteiger partial charge in [0.2, 0.25) is 0 Å². The van der Waals surface area contributed by atoms with E-state index in [2.05, 4.69) is 5.32 Å². The number of rotatable bonds is 3. The number of sulfone groups is 1. The van der Waals surface area contributed by atoms with Gasteiger partial charge in [0.25, 0.3) is 0 Å². The Hall–Kier alpha value is -0.0600. The molecule has 0 aromatic carbocycles. The Morgan fingerprint density at radius 3 is 2.77 bits per heavy atom. The molecule has 1 rings (SSSR count). The topological polar surface area (TPSA) is 46.2 Å². The van der Waals surface area contributed by atoms with Gasteiger partial charge in [0, 0.05) is 17.6 Å². The van der Waals surface area contributed by atoms with Crippen molar-refractivity contribution in [2.75, 3.05) is 18.1 Å². The van der Waals surface area contributed by atoms with E-state index in [1.807, 2.05) is 6.92 Å². The van der Waals surface area contributed by atoms with Crippen LogP contribution in [0.15, 0.2) is 11.6 Å². The highest BCUT2D eigenvalue weighted by atomic mass is 35.5. The first-order chi connectivity index (χ1) is 5.97. The van der Waals surface area contributed by atoms with Crippen molar-refractivity contribution in [3.63, 3.8) is 0 Å². The summed E-state index contributed by atoms with van der Waals surface area (Å²) in [5, 5.41) is 3.16. The van der Waals surface area contributed by atoms with Crippen LogP contribution in [0.5, 0.6) is 0 Å². The van der Waals surface area contributed by atoms with Crippen molar-refractivity contribution < 1.29 is 8.42 Å². The highest BCUT2D eigenvalue weighted by molar-refractivity contribution is 7.91. The summed E-state index contributed by atoms with van der Waals surface area (Å²) in [5.41, 5.74) is 1.16. The molecule has 3 nitrogen and oxygen atoms in total. The van der Waals surface area contributed by atoms with Crippen LogP contribution in [0.25, 0.3) is 0 Å². The summed E-state index contributed by atoms with van der Waals surface area (Å²) in [6, 6.07) is 0. The second-order valence-electron chi connectivity index (χ2n) is 3.65. The maximum Gasteiger partial charge on any atom is 0.152 e. The third-order valence-corrected chi connectivity index (χ3v) is 4.32. The van der Waals surface area contributed by atoms with Crippen LogP contribution in [0, 0.1) is 0 Å². The van der Waals surface area contributed by atoms with E-state index in [0.717, 1.165) is 0 Å². The van der Waals surface area contributed by atoms with E-state index >= 15 is 0 Å². The molecule has 1 atom stereocenters. The molecule has 0 amide bonds. The average molecular weight is 224 g/mol. The summed E-state index contributed by atoms with van der Waals surface area (Å²) in [6.45, 7) is 2.55. The zero-order valence-electron chi connectivity index (χ0n) is 7.59. The maximum atomic E-state index is 11.2. The molecule has 1 N–H and O–H groups in total. The van der Waals surface area contributed by atoms with Crippen LogP contribution in [-0.4, -0.2) is 32.0 Å². The fourth-order valence-corrected chi connectivity index (χ4v) is 3.71. The van der Waals surface area contributed by atoms with Gasteiger partial charge in [-0.05, 0) is 13.3 Å². The first-order valence-corrected chi connectivity index (χ1v) is 6.44. The zero-order valence-corrected chi connectivity index (χ0v) is 9.16. The average Bonchev–Trinajstić information content (AvgIpc) is 2.27. The van der Waals surface area contributed by atoms with Crippen molar-refractivity contribution in [2.45, 2.75) is 18.9 Å². The highest BCUT2D eigenvalue weighted by Crippen LogP contribution is 2.22. The third kappa shape index (κ3) is 3.29. The quantitative estimate of drug-likeness (QED) is 0.774. The van der Waals surface area contributed by atoms with Crippen LogP contribution in [0.3, 0.4) is 0 Å². The molecule has 1 saturated heterocycles. The summed E-state index contributed by atoms with van der Waals surface area (Å²) >= 11 is 5.35. The number of halogens is 1. The van der Waals surface area contributed by atoms with Gasteiger partial charge in [-0.15, -0.1) is 0 Å². The van der Waals surface area contributed by atoms with E-state index in [1.165, 1.54) is 5.54 Å². The SMILES string of the molecule is CC1(NC/C=C/Cl)CCS(=O)(=O)C1. The van der Waals surface area contributed by atoms with Crippen molar-refractivity contribution >= 4 is 21.4 Å². The van der Waals surface area contributed by atoms with Gasteiger partial charge < -0.3 is 5.32 Å². The van der Waals surface area contributed by atoms with Gasteiger partial charge in [-0.25, -0.2) is 8.42 Å². The van der Waals surface area contributed by atoms with Crippen molar-refractivity contribution in [1.29, 1.82) is 0 Å². The lowest BCUT2D eigenvalue weighted by Crippen LogP contribution is -2.43. The predicted molar refractivity (Wildman–Crippen MR) is 54.7 cm³/mol. The zero-order chi connectivity index (χ0) is 9.95. The molecule has 0 aromatic rings. The van der Waals surface area contributed by atoms with E-state index in [9.17, 15) is 8.42 Å². The first kappa shape index (κ1) is 11.0. The molecule has 76 valence electrons. The minimum atomic E-state index is -2.81. The van der Waals surface area contributed by atoms with E-state index in [-0.39, 0.29) is 11.3 Å². The predicted octanol–water partition coefficient (Wildman–Crippen LogP) is 0.906. The number of nitrogens with one attached hydrogen (secondary N) is 1. The van der Waals surface area contributed by atoms with Crippen LogP contribution in [0.1, 0.15) is 13.3 Å². The molecule has 0 aromatic heterocycles. The van der Waals surface area contributed by atoms with Gasteiger partial charge in [-0.1, -0.05) is 17.7 Å². The molecule has 13 heavy (non-hydrogen) atoms. The monoisotopic (exact) mass is 223 g/mol. The lowest BCUT2D eigenvalue weighted by Gasteiger charge is -2.22. The van der Waals surface area contributed by atoms with E-state index in [0.29, 0.717) is 18.7 Å². The normalized spacial score (nSPS) is 32.8. The molecular weight excluding hydrogens is 210 g/mol. The molecule has 0 radical (unpaired) electrons. The van der Waals surface area contributed by atoms with Crippen molar-refractivity contribution in [3.8, 4) is 0 Å². The Balaban J connectivity index is 2.50. The molecule has 1 unspecified atom stereocenters. The van der Waals surface area contributed by atoms with Crippen molar-refractivity contribution in [2.24, 2.45) is 0 Å². The lowest BCUT2D eigenvalue weighted by atomic mass is 10.0. The second-order valence-corrected chi connectivity index (χ2v) is 6.08.